The maximum Gasteiger partial charge on any atom is 0.305 e. The average Bonchev–Trinajstić information content (AvgIpc) is 2.27. The van der Waals surface area contributed by atoms with E-state index in [1.165, 1.54) is 0 Å². The highest BCUT2D eigenvalue weighted by Crippen LogP contribution is 2.28. The SMILES string of the molecule is O=C(O)C[C@@H](O)C1COc2ccccc2C1. The van der Waals surface area contributed by atoms with Crippen molar-refractivity contribution in [2.24, 2.45) is 5.92 Å². The summed E-state index contributed by atoms with van der Waals surface area (Å²) in [5.74, 6) is -0.279. The van der Waals surface area contributed by atoms with E-state index in [0.29, 0.717) is 13.0 Å². The molecule has 4 nitrogen and oxygen atoms in total. The number of para-hydroxylation sites is 1. The summed E-state index contributed by atoms with van der Waals surface area (Å²) in [7, 11) is 0. The Bertz CT molecular complexity index is 388. The molecule has 2 N–H and O–H groups in total. The Balaban J connectivity index is 2.05. The number of carboxylic acid groups (broad SMARTS) is 1. The fraction of sp³-hybridized carbons (Fsp3) is 0.417. The highest BCUT2D eigenvalue weighted by molar-refractivity contribution is 5.67. The quantitative estimate of drug-likeness (QED) is 0.802. The van der Waals surface area contributed by atoms with E-state index in [4.69, 9.17) is 9.84 Å². The van der Waals surface area contributed by atoms with E-state index in [9.17, 15) is 9.90 Å². The normalized spacial score (nSPS) is 20.7. The predicted octanol–water partition coefficient (Wildman–Crippen LogP) is 1.07. The number of aliphatic hydroxyl groups excluding tert-OH is 1. The van der Waals surface area contributed by atoms with Gasteiger partial charge < -0.3 is 14.9 Å². The molecule has 86 valence electrons. The minimum atomic E-state index is -0.980. The van der Waals surface area contributed by atoms with Gasteiger partial charge in [0, 0.05) is 5.92 Å². The van der Waals surface area contributed by atoms with Crippen LogP contribution in [0, 0.1) is 5.92 Å². The highest BCUT2D eigenvalue weighted by atomic mass is 16.5. The molecule has 1 unspecified atom stereocenters. The first-order chi connectivity index (χ1) is 7.66. The van der Waals surface area contributed by atoms with Crippen molar-refractivity contribution in [1.82, 2.24) is 0 Å². The smallest absolute Gasteiger partial charge is 0.305 e. The summed E-state index contributed by atoms with van der Waals surface area (Å²) >= 11 is 0. The monoisotopic (exact) mass is 222 g/mol. The molecule has 0 aliphatic carbocycles. The van der Waals surface area contributed by atoms with Crippen LogP contribution >= 0.6 is 0 Å². The van der Waals surface area contributed by atoms with Gasteiger partial charge in [-0.3, -0.25) is 4.79 Å². The second-order valence-corrected chi connectivity index (χ2v) is 4.05. The van der Waals surface area contributed by atoms with Crippen molar-refractivity contribution in [3.63, 3.8) is 0 Å². The molecule has 0 saturated carbocycles. The van der Waals surface area contributed by atoms with Crippen LogP contribution in [-0.4, -0.2) is 28.9 Å². The Morgan fingerprint density at radius 3 is 3.00 bits per heavy atom. The van der Waals surface area contributed by atoms with Crippen molar-refractivity contribution in [3.8, 4) is 5.75 Å². The fourth-order valence-electron chi connectivity index (χ4n) is 1.94. The van der Waals surface area contributed by atoms with E-state index >= 15 is 0 Å². The summed E-state index contributed by atoms with van der Waals surface area (Å²) in [6.07, 6.45) is -0.397. The Morgan fingerprint density at radius 1 is 1.50 bits per heavy atom. The first-order valence-electron chi connectivity index (χ1n) is 5.27. The summed E-state index contributed by atoms with van der Waals surface area (Å²) < 4.78 is 5.49. The second kappa shape index (κ2) is 4.53. The minimum Gasteiger partial charge on any atom is -0.493 e. The summed E-state index contributed by atoms with van der Waals surface area (Å²) in [5, 5.41) is 18.3. The van der Waals surface area contributed by atoms with Crippen LogP contribution in [0.4, 0.5) is 0 Å². The van der Waals surface area contributed by atoms with Gasteiger partial charge in [-0.2, -0.15) is 0 Å². The molecule has 1 aromatic carbocycles. The molecule has 0 amide bonds. The van der Waals surface area contributed by atoms with Crippen molar-refractivity contribution in [1.29, 1.82) is 0 Å². The van der Waals surface area contributed by atoms with Crippen LogP contribution in [-0.2, 0) is 11.2 Å². The van der Waals surface area contributed by atoms with Crippen LogP contribution in [0.1, 0.15) is 12.0 Å². The third-order valence-electron chi connectivity index (χ3n) is 2.84. The number of carbonyl (C=O) groups is 1. The topological polar surface area (TPSA) is 66.8 Å². The van der Waals surface area contributed by atoms with Crippen LogP contribution in [0.3, 0.4) is 0 Å². The van der Waals surface area contributed by atoms with Gasteiger partial charge in [0.2, 0.25) is 0 Å². The lowest BCUT2D eigenvalue weighted by Gasteiger charge is -2.28. The molecule has 0 saturated heterocycles. The molecule has 0 aromatic heterocycles. The van der Waals surface area contributed by atoms with E-state index in [-0.39, 0.29) is 12.3 Å². The third kappa shape index (κ3) is 2.33. The number of hydrogen-bond acceptors (Lipinski definition) is 3. The predicted molar refractivity (Wildman–Crippen MR) is 57.4 cm³/mol. The van der Waals surface area contributed by atoms with Gasteiger partial charge in [-0.25, -0.2) is 0 Å². The standard InChI is InChI=1S/C12H14O4/c13-10(6-12(14)15)9-5-8-3-1-2-4-11(8)16-7-9/h1-4,9-10,13H,5-7H2,(H,14,15)/t9?,10-/m1/s1. The number of rotatable bonds is 3. The molecule has 0 fully saturated rings. The van der Waals surface area contributed by atoms with Crippen molar-refractivity contribution in [3.05, 3.63) is 29.8 Å². The minimum absolute atomic E-state index is 0.133. The lowest BCUT2D eigenvalue weighted by molar-refractivity contribution is -0.140. The molecule has 4 heteroatoms. The molecule has 16 heavy (non-hydrogen) atoms. The molecule has 1 aromatic rings. The second-order valence-electron chi connectivity index (χ2n) is 4.05. The van der Waals surface area contributed by atoms with Crippen molar-refractivity contribution in [2.45, 2.75) is 18.9 Å². The molecule has 2 atom stereocenters. The van der Waals surface area contributed by atoms with Gasteiger partial charge in [-0.15, -0.1) is 0 Å². The number of fused-ring (bicyclic) bond motifs is 1. The summed E-state index contributed by atoms with van der Waals surface area (Å²) in [6.45, 7) is 0.380. The lowest BCUT2D eigenvalue weighted by atomic mass is 9.90. The first-order valence-corrected chi connectivity index (χ1v) is 5.27. The molecule has 0 spiro atoms. The molecule has 0 bridgehead atoms. The number of ether oxygens (including phenoxy) is 1. The Hall–Kier alpha value is -1.55. The average molecular weight is 222 g/mol. The van der Waals surface area contributed by atoms with E-state index in [1.54, 1.807) is 0 Å². The molecule has 1 aliphatic heterocycles. The number of benzene rings is 1. The van der Waals surface area contributed by atoms with Gasteiger partial charge in [0.05, 0.1) is 19.1 Å². The van der Waals surface area contributed by atoms with Crippen LogP contribution in [0.15, 0.2) is 24.3 Å². The zero-order valence-corrected chi connectivity index (χ0v) is 8.80. The van der Waals surface area contributed by atoms with Gasteiger partial charge in [-0.05, 0) is 18.1 Å². The van der Waals surface area contributed by atoms with E-state index in [2.05, 4.69) is 0 Å². The van der Waals surface area contributed by atoms with Crippen LogP contribution in [0.25, 0.3) is 0 Å². The van der Waals surface area contributed by atoms with Crippen LogP contribution < -0.4 is 4.74 Å². The number of aliphatic carboxylic acids is 1. The summed E-state index contributed by atoms with van der Waals surface area (Å²) in [4.78, 5) is 10.5. The van der Waals surface area contributed by atoms with E-state index in [0.717, 1.165) is 11.3 Å². The molecule has 1 heterocycles. The molecule has 1 aliphatic rings. The molecular weight excluding hydrogens is 208 g/mol. The van der Waals surface area contributed by atoms with Crippen molar-refractivity contribution >= 4 is 5.97 Å². The summed E-state index contributed by atoms with van der Waals surface area (Å²) in [6, 6.07) is 7.63. The van der Waals surface area contributed by atoms with Gasteiger partial charge >= 0.3 is 5.97 Å². The maximum atomic E-state index is 10.5. The number of carboxylic acids is 1. The Kier molecular flexibility index (Phi) is 3.10. The maximum absolute atomic E-state index is 10.5. The highest BCUT2D eigenvalue weighted by Gasteiger charge is 2.27. The van der Waals surface area contributed by atoms with Crippen molar-refractivity contribution in [2.75, 3.05) is 6.61 Å². The zero-order valence-electron chi connectivity index (χ0n) is 8.80. The Morgan fingerprint density at radius 2 is 2.25 bits per heavy atom. The third-order valence-corrected chi connectivity index (χ3v) is 2.84. The van der Waals surface area contributed by atoms with Crippen LogP contribution in [0.5, 0.6) is 5.75 Å². The van der Waals surface area contributed by atoms with Gasteiger partial charge in [0.1, 0.15) is 5.75 Å². The fourth-order valence-corrected chi connectivity index (χ4v) is 1.94. The van der Waals surface area contributed by atoms with Gasteiger partial charge in [0.25, 0.3) is 0 Å². The van der Waals surface area contributed by atoms with E-state index < -0.39 is 12.1 Å². The lowest BCUT2D eigenvalue weighted by Crippen LogP contribution is -2.33. The summed E-state index contributed by atoms with van der Waals surface area (Å²) in [5.41, 5.74) is 1.03. The zero-order chi connectivity index (χ0) is 11.5. The molecule has 2 rings (SSSR count). The van der Waals surface area contributed by atoms with Crippen LogP contribution in [0.2, 0.25) is 0 Å². The molecule has 0 radical (unpaired) electrons. The van der Waals surface area contributed by atoms with E-state index in [1.807, 2.05) is 24.3 Å². The number of aliphatic hydroxyl groups is 1. The number of hydrogen-bond donors (Lipinski definition) is 2. The molecular formula is C12H14O4. The Labute approximate surface area is 93.5 Å². The van der Waals surface area contributed by atoms with Gasteiger partial charge in [-0.1, -0.05) is 18.2 Å². The first kappa shape index (κ1) is 11.0. The van der Waals surface area contributed by atoms with Gasteiger partial charge in [0.15, 0.2) is 0 Å². The largest absolute Gasteiger partial charge is 0.493 e. The van der Waals surface area contributed by atoms with Crippen molar-refractivity contribution < 1.29 is 19.7 Å².